The van der Waals surface area contributed by atoms with Gasteiger partial charge in [-0.1, -0.05) is 30.1 Å². The first-order valence-electron chi connectivity index (χ1n) is 9.81. The van der Waals surface area contributed by atoms with Crippen LogP contribution in [0.25, 0.3) is 11.3 Å². The summed E-state index contributed by atoms with van der Waals surface area (Å²) in [4.78, 5) is 26.7. The molecule has 1 atom stereocenters. The number of hydrogen-bond donors (Lipinski definition) is 1. The summed E-state index contributed by atoms with van der Waals surface area (Å²) in [5.74, 6) is 1.08. The normalized spacial score (nSPS) is 20.0. The highest BCUT2D eigenvalue weighted by Gasteiger charge is 2.38. The van der Waals surface area contributed by atoms with Gasteiger partial charge in [0.25, 0.3) is 0 Å². The maximum Gasteiger partial charge on any atom is 0.225 e. The fraction of sp³-hybridized carbons (Fsp3) is 0.476. The Morgan fingerprint density at radius 3 is 2.93 bits per heavy atom. The minimum Gasteiger partial charge on any atom is -0.497 e. The number of nitrogens with one attached hydrogen (secondary N) is 1. The van der Waals surface area contributed by atoms with E-state index in [4.69, 9.17) is 9.26 Å². The Morgan fingerprint density at radius 1 is 1.32 bits per heavy atom. The zero-order chi connectivity index (χ0) is 19.5. The third kappa shape index (κ3) is 3.88. The van der Waals surface area contributed by atoms with Crippen LogP contribution in [0.2, 0.25) is 0 Å². The van der Waals surface area contributed by atoms with Crippen molar-refractivity contribution in [2.24, 2.45) is 5.92 Å². The molecule has 7 heteroatoms. The van der Waals surface area contributed by atoms with Crippen LogP contribution in [0.5, 0.6) is 5.75 Å². The molecule has 148 valence electrons. The number of amides is 2. The van der Waals surface area contributed by atoms with E-state index in [0.29, 0.717) is 30.5 Å². The lowest BCUT2D eigenvalue weighted by molar-refractivity contribution is -0.130. The van der Waals surface area contributed by atoms with Gasteiger partial charge in [-0.3, -0.25) is 9.59 Å². The first kappa shape index (κ1) is 18.5. The zero-order valence-corrected chi connectivity index (χ0v) is 16.0. The van der Waals surface area contributed by atoms with Crippen LogP contribution in [0.4, 0.5) is 0 Å². The Morgan fingerprint density at radius 2 is 2.14 bits per heavy atom. The second kappa shape index (κ2) is 8.04. The quantitative estimate of drug-likeness (QED) is 0.829. The first-order chi connectivity index (χ1) is 13.6. The molecule has 4 rings (SSSR count). The molecule has 1 aromatic heterocycles. The van der Waals surface area contributed by atoms with Crippen LogP contribution in [0, 0.1) is 5.92 Å². The number of hydrogen-bond acceptors (Lipinski definition) is 5. The molecular formula is C21H25N3O4. The summed E-state index contributed by atoms with van der Waals surface area (Å²) in [5, 5.41) is 6.93. The number of methoxy groups -OCH3 is 1. The van der Waals surface area contributed by atoms with Crippen LogP contribution in [-0.4, -0.2) is 41.6 Å². The van der Waals surface area contributed by atoms with Crippen molar-refractivity contribution in [2.75, 3.05) is 13.7 Å². The average molecular weight is 383 g/mol. The largest absolute Gasteiger partial charge is 0.497 e. The molecule has 2 fully saturated rings. The van der Waals surface area contributed by atoms with Gasteiger partial charge in [0.05, 0.1) is 19.6 Å². The number of ether oxygens (including phenoxy) is 1. The molecule has 7 nitrogen and oxygen atoms in total. The maximum absolute atomic E-state index is 12.5. The van der Waals surface area contributed by atoms with Crippen LogP contribution < -0.4 is 10.1 Å². The minimum atomic E-state index is -0.280. The van der Waals surface area contributed by atoms with Gasteiger partial charge < -0.3 is 19.5 Å². The summed E-state index contributed by atoms with van der Waals surface area (Å²) in [6.07, 6.45) is 4.77. The molecule has 0 spiro atoms. The molecule has 1 saturated carbocycles. The van der Waals surface area contributed by atoms with Crippen molar-refractivity contribution in [3.05, 3.63) is 36.0 Å². The second-order valence-electron chi connectivity index (χ2n) is 7.52. The monoisotopic (exact) mass is 383 g/mol. The molecule has 1 aromatic carbocycles. The molecule has 28 heavy (non-hydrogen) atoms. The lowest BCUT2D eigenvalue weighted by Crippen LogP contribution is -2.36. The summed E-state index contributed by atoms with van der Waals surface area (Å²) >= 11 is 0. The van der Waals surface area contributed by atoms with Gasteiger partial charge in [-0.15, -0.1) is 0 Å². The summed E-state index contributed by atoms with van der Waals surface area (Å²) < 4.78 is 10.6. The van der Waals surface area contributed by atoms with E-state index in [2.05, 4.69) is 10.5 Å². The molecule has 1 saturated heterocycles. The van der Waals surface area contributed by atoms with E-state index in [-0.39, 0.29) is 24.3 Å². The predicted molar refractivity (Wildman–Crippen MR) is 102 cm³/mol. The first-order valence-corrected chi connectivity index (χ1v) is 9.81. The number of likely N-dealkylation sites (tertiary alicyclic amines) is 1. The number of carbonyl (C=O) groups excluding carboxylic acids is 2. The molecule has 2 aliphatic rings. The zero-order valence-electron chi connectivity index (χ0n) is 16.0. The molecule has 1 aliphatic heterocycles. The van der Waals surface area contributed by atoms with Gasteiger partial charge in [0.15, 0.2) is 5.76 Å². The van der Waals surface area contributed by atoms with Crippen LogP contribution in [0.15, 0.2) is 34.9 Å². The predicted octanol–water partition coefficient (Wildman–Crippen LogP) is 2.76. The van der Waals surface area contributed by atoms with Crippen molar-refractivity contribution in [3.63, 3.8) is 0 Å². The molecule has 0 bridgehead atoms. The Balaban J connectivity index is 1.33. The van der Waals surface area contributed by atoms with Gasteiger partial charge in [-0.25, -0.2) is 0 Å². The summed E-state index contributed by atoms with van der Waals surface area (Å²) in [6, 6.07) is 9.65. The summed E-state index contributed by atoms with van der Waals surface area (Å²) in [7, 11) is 1.61. The second-order valence-corrected chi connectivity index (χ2v) is 7.52. The van der Waals surface area contributed by atoms with Gasteiger partial charge in [0.1, 0.15) is 11.4 Å². The SMILES string of the molecule is COc1cccc(-c2cc(CNC(=O)C3CC(=O)N(C4CCCC4)C3)no2)c1. The number of benzene rings is 1. The van der Waals surface area contributed by atoms with E-state index < -0.39 is 0 Å². The third-order valence-corrected chi connectivity index (χ3v) is 5.65. The Kier molecular flexibility index (Phi) is 5.32. The Labute approximate surface area is 164 Å². The van der Waals surface area contributed by atoms with Crippen molar-refractivity contribution in [1.29, 1.82) is 0 Å². The number of nitrogens with zero attached hydrogens (tertiary/aromatic N) is 2. The van der Waals surface area contributed by atoms with Gasteiger partial charge in [-0.05, 0) is 25.0 Å². The smallest absolute Gasteiger partial charge is 0.225 e. The van der Waals surface area contributed by atoms with E-state index in [1.54, 1.807) is 13.2 Å². The van der Waals surface area contributed by atoms with Gasteiger partial charge in [-0.2, -0.15) is 0 Å². The van der Waals surface area contributed by atoms with Crippen LogP contribution in [-0.2, 0) is 16.1 Å². The van der Waals surface area contributed by atoms with Crippen molar-refractivity contribution in [2.45, 2.75) is 44.7 Å². The topological polar surface area (TPSA) is 84.7 Å². The molecule has 1 N–H and O–H groups in total. The highest BCUT2D eigenvalue weighted by Crippen LogP contribution is 2.29. The summed E-state index contributed by atoms with van der Waals surface area (Å²) in [5.41, 5.74) is 1.50. The minimum absolute atomic E-state index is 0.0974. The van der Waals surface area contributed by atoms with E-state index in [0.717, 1.165) is 24.2 Å². The maximum atomic E-state index is 12.5. The van der Waals surface area contributed by atoms with Crippen molar-refractivity contribution >= 4 is 11.8 Å². The van der Waals surface area contributed by atoms with E-state index in [1.807, 2.05) is 29.2 Å². The molecule has 2 heterocycles. The van der Waals surface area contributed by atoms with E-state index in [1.165, 1.54) is 12.8 Å². The van der Waals surface area contributed by atoms with Crippen molar-refractivity contribution < 1.29 is 18.8 Å². The Hall–Kier alpha value is -2.83. The Bertz CT molecular complexity index is 857. The van der Waals surface area contributed by atoms with Gasteiger partial charge in [0, 0.05) is 30.6 Å². The van der Waals surface area contributed by atoms with Crippen molar-refractivity contribution in [3.8, 4) is 17.1 Å². The molecular weight excluding hydrogens is 358 g/mol. The number of aromatic nitrogens is 1. The lowest BCUT2D eigenvalue weighted by Gasteiger charge is -2.23. The number of rotatable bonds is 6. The fourth-order valence-corrected chi connectivity index (χ4v) is 4.11. The molecule has 1 unspecified atom stereocenters. The van der Waals surface area contributed by atoms with Crippen LogP contribution >= 0.6 is 0 Å². The standard InChI is InChI=1S/C21H25N3O4/c1-27-18-8-4-5-14(9-18)19-11-16(23-28-19)12-22-21(26)15-10-20(25)24(13-15)17-6-2-3-7-17/h4-5,8-9,11,15,17H,2-3,6-7,10,12-13H2,1H3,(H,22,26). The molecule has 0 radical (unpaired) electrons. The third-order valence-electron chi connectivity index (χ3n) is 5.65. The van der Waals surface area contributed by atoms with Gasteiger partial charge >= 0.3 is 0 Å². The van der Waals surface area contributed by atoms with E-state index >= 15 is 0 Å². The van der Waals surface area contributed by atoms with Crippen molar-refractivity contribution in [1.82, 2.24) is 15.4 Å². The molecule has 2 aromatic rings. The summed E-state index contributed by atoms with van der Waals surface area (Å²) in [6.45, 7) is 0.809. The van der Waals surface area contributed by atoms with Gasteiger partial charge in [0.2, 0.25) is 11.8 Å². The average Bonchev–Trinajstić information content (AvgIpc) is 3.46. The molecule has 2 amide bonds. The fourth-order valence-electron chi connectivity index (χ4n) is 4.11. The lowest BCUT2D eigenvalue weighted by atomic mass is 10.1. The highest BCUT2D eigenvalue weighted by molar-refractivity contribution is 5.89. The molecule has 1 aliphatic carbocycles. The highest BCUT2D eigenvalue weighted by atomic mass is 16.5. The number of carbonyl (C=O) groups is 2. The van der Waals surface area contributed by atoms with Crippen LogP contribution in [0.1, 0.15) is 37.8 Å². The van der Waals surface area contributed by atoms with E-state index in [9.17, 15) is 9.59 Å². The van der Waals surface area contributed by atoms with Crippen LogP contribution in [0.3, 0.4) is 0 Å².